The monoisotopic (exact) mass is 318 g/mol. The molecule has 4 rings (SSSR count). The van der Waals surface area contributed by atoms with Gasteiger partial charge in [-0.1, -0.05) is 42.0 Å². The summed E-state index contributed by atoms with van der Waals surface area (Å²) in [5.41, 5.74) is 6.24. The number of hydrogen-bond donors (Lipinski definition) is 2. The van der Waals surface area contributed by atoms with E-state index in [9.17, 15) is 4.79 Å². The summed E-state index contributed by atoms with van der Waals surface area (Å²) < 4.78 is 0. The Bertz CT molecular complexity index is 879. The highest BCUT2D eigenvalue weighted by Crippen LogP contribution is 2.32. The van der Waals surface area contributed by atoms with Crippen molar-refractivity contribution in [3.8, 4) is 0 Å². The summed E-state index contributed by atoms with van der Waals surface area (Å²) in [6.45, 7) is 2.72. The molecule has 122 valence electrons. The van der Waals surface area contributed by atoms with Crippen molar-refractivity contribution in [3.05, 3.63) is 70.9 Å². The molecule has 0 radical (unpaired) electrons. The van der Waals surface area contributed by atoms with Gasteiger partial charge in [0.2, 0.25) is 5.91 Å². The smallest absolute Gasteiger partial charge is 0.223 e. The second-order valence-corrected chi connectivity index (χ2v) is 6.77. The van der Waals surface area contributed by atoms with E-state index >= 15 is 0 Å². The van der Waals surface area contributed by atoms with Crippen LogP contribution in [0.3, 0.4) is 0 Å². The van der Waals surface area contributed by atoms with Crippen LogP contribution in [0, 0.1) is 12.8 Å². The molecule has 1 aliphatic carbocycles. The maximum absolute atomic E-state index is 12.6. The molecule has 0 saturated heterocycles. The van der Waals surface area contributed by atoms with Gasteiger partial charge in [0.25, 0.3) is 0 Å². The molecule has 0 bridgehead atoms. The van der Waals surface area contributed by atoms with Gasteiger partial charge in [0.1, 0.15) is 0 Å². The van der Waals surface area contributed by atoms with Gasteiger partial charge < -0.3 is 10.3 Å². The zero-order valence-corrected chi connectivity index (χ0v) is 13.9. The summed E-state index contributed by atoms with van der Waals surface area (Å²) in [6.07, 6.45) is 2.70. The van der Waals surface area contributed by atoms with E-state index in [0.717, 1.165) is 24.8 Å². The third-order valence-electron chi connectivity index (χ3n) is 5.02. The molecule has 24 heavy (non-hydrogen) atoms. The third-order valence-corrected chi connectivity index (χ3v) is 5.02. The van der Waals surface area contributed by atoms with Crippen LogP contribution in [0.2, 0.25) is 0 Å². The fraction of sp³-hybridized carbons (Fsp3) is 0.286. The Balaban J connectivity index is 1.50. The van der Waals surface area contributed by atoms with Crippen LogP contribution in [0.25, 0.3) is 10.9 Å². The number of carbonyl (C=O) groups is 1. The van der Waals surface area contributed by atoms with Crippen LogP contribution < -0.4 is 5.32 Å². The first kappa shape index (κ1) is 15.0. The Labute approximate surface area is 142 Å². The normalized spacial score (nSPS) is 16.8. The van der Waals surface area contributed by atoms with Crippen molar-refractivity contribution >= 4 is 16.8 Å². The molecular weight excluding hydrogens is 296 g/mol. The first-order chi connectivity index (χ1) is 11.7. The zero-order chi connectivity index (χ0) is 16.5. The number of nitrogens with one attached hydrogen (secondary N) is 2. The lowest BCUT2D eigenvalue weighted by atomic mass is 9.85. The Kier molecular flexibility index (Phi) is 3.85. The van der Waals surface area contributed by atoms with E-state index in [1.807, 2.05) is 30.3 Å². The third kappa shape index (κ3) is 2.82. The minimum Gasteiger partial charge on any atom is -0.358 e. The van der Waals surface area contributed by atoms with E-state index in [1.165, 1.54) is 27.7 Å². The van der Waals surface area contributed by atoms with Crippen LogP contribution >= 0.6 is 0 Å². The molecule has 3 aromatic rings. The SMILES string of the molecule is Cc1ccc2[nH]c3c(c2c1)CC(C(=O)NCc1ccccc1)CC3. The van der Waals surface area contributed by atoms with Gasteiger partial charge in [0.15, 0.2) is 0 Å². The van der Waals surface area contributed by atoms with E-state index in [4.69, 9.17) is 0 Å². The lowest BCUT2D eigenvalue weighted by Crippen LogP contribution is -2.33. The first-order valence-corrected chi connectivity index (χ1v) is 8.62. The van der Waals surface area contributed by atoms with Crippen LogP contribution in [0.15, 0.2) is 48.5 Å². The highest BCUT2D eigenvalue weighted by molar-refractivity contribution is 5.87. The number of fused-ring (bicyclic) bond motifs is 3. The molecule has 0 saturated carbocycles. The predicted octanol–water partition coefficient (Wildman–Crippen LogP) is 3.90. The first-order valence-electron chi connectivity index (χ1n) is 8.62. The molecule has 1 amide bonds. The molecule has 2 aromatic carbocycles. The Hall–Kier alpha value is -2.55. The summed E-state index contributed by atoms with van der Waals surface area (Å²) in [5, 5.41) is 4.38. The average Bonchev–Trinajstić information content (AvgIpc) is 2.97. The number of aromatic amines is 1. The van der Waals surface area contributed by atoms with Crippen molar-refractivity contribution < 1.29 is 4.79 Å². The van der Waals surface area contributed by atoms with Crippen LogP contribution in [-0.2, 0) is 24.2 Å². The lowest BCUT2D eigenvalue weighted by Gasteiger charge is -2.22. The van der Waals surface area contributed by atoms with E-state index in [1.54, 1.807) is 0 Å². The number of aryl methyl sites for hydroxylation is 2. The number of benzene rings is 2. The Morgan fingerprint density at radius 3 is 2.88 bits per heavy atom. The minimum atomic E-state index is 0.0701. The molecule has 0 spiro atoms. The number of amides is 1. The lowest BCUT2D eigenvalue weighted by molar-refractivity contribution is -0.125. The Morgan fingerprint density at radius 2 is 2.04 bits per heavy atom. The van der Waals surface area contributed by atoms with Gasteiger partial charge in [-0.05, 0) is 49.4 Å². The van der Waals surface area contributed by atoms with Crippen molar-refractivity contribution in [2.75, 3.05) is 0 Å². The van der Waals surface area contributed by atoms with Crippen molar-refractivity contribution in [1.29, 1.82) is 0 Å². The number of hydrogen-bond acceptors (Lipinski definition) is 1. The van der Waals surface area contributed by atoms with E-state index < -0.39 is 0 Å². The van der Waals surface area contributed by atoms with Gasteiger partial charge in [-0.15, -0.1) is 0 Å². The van der Waals surface area contributed by atoms with Crippen molar-refractivity contribution in [2.45, 2.75) is 32.7 Å². The quantitative estimate of drug-likeness (QED) is 0.756. The highest BCUT2D eigenvalue weighted by Gasteiger charge is 2.27. The maximum atomic E-state index is 12.6. The molecule has 1 aliphatic rings. The molecule has 1 atom stereocenters. The predicted molar refractivity (Wildman–Crippen MR) is 96.8 cm³/mol. The largest absolute Gasteiger partial charge is 0.358 e. The average molecular weight is 318 g/mol. The number of rotatable bonds is 3. The van der Waals surface area contributed by atoms with Crippen LogP contribution in [0.1, 0.15) is 28.8 Å². The van der Waals surface area contributed by atoms with E-state index in [0.29, 0.717) is 6.54 Å². The molecule has 1 heterocycles. The summed E-state index contributed by atoms with van der Waals surface area (Å²) in [4.78, 5) is 16.1. The second-order valence-electron chi connectivity index (χ2n) is 6.77. The molecule has 1 unspecified atom stereocenters. The van der Waals surface area contributed by atoms with Gasteiger partial charge in [0, 0.05) is 29.1 Å². The summed E-state index contributed by atoms with van der Waals surface area (Å²) in [7, 11) is 0. The van der Waals surface area contributed by atoms with Gasteiger partial charge in [-0.25, -0.2) is 0 Å². The molecule has 1 aromatic heterocycles. The van der Waals surface area contributed by atoms with Crippen molar-refractivity contribution in [2.24, 2.45) is 5.92 Å². The number of aromatic nitrogens is 1. The number of carbonyl (C=O) groups excluding carboxylic acids is 1. The van der Waals surface area contributed by atoms with Gasteiger partial charge >= 0.3 is 0 Å². The van der Waals surface area contributed by atoms with Gasteiger partial charge in [0.05, 0.1) is 0 Å². The van der Waals surface area contributed by atoms with E-state index in [2.05, 4.69) is 35.4 Å². The molecular formula is C21H22N2O. The fourth-order valence-electron chi connectivity index (χ4n) is 3.68. The standard InChI is InChI=1S/C21H22N2O/c1-14-7-9-19-17(11-14)18-12-16(8-10-20(18)23-19)21(24)22-13-15-5-3-2-4-6-15/h2-7,9,11,16,23H,8,10,12-13H2,1H3,(H,22,24). The minimum absolute atomic E-state index is 0.0701. The molecule has 3 nitrogen and oxygen atoms in total. The Morgan fingerprint density at radius 1 is 1.21 bits per heavy atom. The topological polar surface area (TPSA) is 44.9 Å². The van der Waals surface area contributed by atoms with Crippen LogP contribution in [0.4, 0.5) is 0 Å². The fourth-order valence-corrected chi connectivity index (χ4v) is 3.68. The molecule has 0 fully saturated rings. The molecule has 2 N–H and O–H groups in total. The van der Waals surface area contributed by atoms with Gasteiger partial charge in [-0.2, -0.15) is 0 Å². The molecule has 0 aliphatic heterocycles. The second kappa shape index (κ2) is 6.16. The summed E-state index contributed by atoms with van der Waals surface area (Å²) in [6, 6.07) is 16.6. The highest BCUT2D eigenvalue weighted by atomic mass is 16.1. The van der Waals surface area contributed by atoms with Crippen LogP contribution in [-0.4, -0.2) is 10.9 Å². The van der Waals surface area contributed by atoms with Crippen molar-refractivity contribution in [1.82, 2.24) is 10.3 Å². The summed E-state index contributed by atoms with van der Waals surface area (Å²) in [5.74, 6) is 0.243. The van der Waals surface area contributed by atoms with E-state index in [-0.39, 0.29) is 11.8 Å². The number of H-pyrrole nitrogens is 1. The maximum Gasteiger partial charge on any atom is 0.223 e. The zero-order valence-electron chi connectivity index (χ0n) is 13.9. The van der Waals surface area contributed by atoms with Crippen molar-refractivity contribution in [3.63, 3.8) is 0 Å². The molecule has 3 heteroatoms. The summed E-state index contributed by atoms with van der Waals surface area (Å²) >= 11 is 0. The van der Waals surface area contributed by atoms with Crippen LogP contribution in [0.5, 0.6) is 0 Å². The van der Waals surface area contributed by atoms with Gasteiger partial charge in [-0.3, -0.25) is 4.79 Å².